The van der Waals surface area contributed by atoms with E-state index in [-0.39, 0.29) is 23.0 Å². The van der Waals surface area contributed by atoms with Gasteiger partial charge in [0.2, 0.25) is 15.9 Å². The van der Waals surface area contributed by atoms with Gasteiger partial charge >= 0.3 is 0 Å². The largest absolute Gasteiger partial charge is 0.495 e. The second-order valence-corrected chi connectivity index (χ2v) is 5.79. The summed E-state index contributed by atoms with van der Waals surface area (Å²) in [6.45, 7) is 3.00. The van der Waals surface area contributed by atoms with Gasteiger partial charge in [0, 0.05) is 25.3 Å². The molecule has 1 amide bonds. The number of hydrogen-bond acceptors (Lipinski definition) is 5. The summed E-state index contributed by atoms with van der Waals surface area (Å²) < 4.78 is 33.0. The number of benzene rings is 1. The third kappa shape index (κ3) is 5.70. The molecule has 1 aromatic carbocycles. The quantitative estimate of drug-likeness (QED) is 0.698. The van der Waals surface area contributed by atoms with Crippen LogP contribution in [0.25, 0.3) is 0 Å². The minimum atomic E-state index is -3.92. The molecule has 1 rings (SSSR count). The number of carbonyl (C=O) groups is 1. The maximum Gasteiger partial charge on any atom is 0.241 e. The molecule has 0 saturated heterocycles. The molecular weight excluding hydrogens is 296 g/mol. The maximum atomic E-state index is 11.7. The average molecular weight is 316 g/mol. The number of methoxy groups -OCH3 is 1. The Morgan fingerprint density at radius 2 is 2.10 bits per heavy atom. The van der Waals surface area contributed by atoms with Crippen LogP contribution in [-0.4, -0.2) is 34.6 Å². The molecule has 0 unspecified atom stereocenters. The Morgan fingerprint density at radius 3 is 2.67 bits per heavy atom. The molecule has 1 aromatic rings. The number of nitrogens with one attached hydrogen (secondary N) is 1. The van der Waals surface area contributed by atoms with Crippen LogP contribution in [0.2, 0.25) is 0 Å². The smallest absolute Gasteiger partial charge is 0.241 e. The summed E-state index contributed by atoms with van der Waals surface area (Å²) in [7, 11) is -2.58. The minimum absolute atomic E-state index is 0.131. The molecule has 0 saturated carbocycles. The molecule has 0 spiro atoms. The van der Waals surface area contributed by atoms with Crippen LogP contribution >= 0.6 is 0 Å². The molecule has 0 heterocycles. The third-order valence-corrected chi connectivity index (χ3v) is 3.58. The van der Waals surface area contributed by atoms with Crippen LogP contribution in [0.3, 0.4) is 0 Å². The van der Waals surface area contributed by atoms with Crippen LogP contribution in [0.5, 0.6) is 5.75 Å². The summed E-state index contributed by atoms with van der Waals surface area (Å²) in [4.78, 5) is 11.5. The Labute approximate surface area is 124 Å². The van der Waals surface area contributed by atoms with Gasteiger partial charge in [0.15, 0.2) is 0 Å². The number of nitrogens with two attached hydrogens (primary N) is 1. The van der Waals surface area contributed by atoms with E-state index in [1.54, 1.807) is 6.07 Å². The summed E-state index contributed by atoms with van der Waals surface area (Å²) in [5, 5.41) is 7.72. The molecule has 0 atom stereocenters. The highest BCUT2D eigenvalue weighted by Crippen LogP contribution is 2.26. The number of sulfonamides is 1. The van der Waals surface area contributed by atoms with E-state index in [1.165, 1.54) is 19.2 Å². The molecular formula is C13H20N2O5S. The van der Waals surface area contributed by atoms with Crippen molar-refractivity contribution in [2.24, 2.45) is 5.14 Å². The van der Waals surface area contributed by atoms with Crippen molar-refractivity contribution in [3.63, 3.8) is 0 Å². The molecule has 0 aliphatic heterocycles. The van der Waals surface area contributed by atoms with Crippen molar-refractivity contribution >= 4 is 21.6 Å². The van der Waals surface area contributed by atoms with Crippen molar-refractivity contribution in [3.8, 4) is 5.75 Å². The monoisotopic (exact) mass is 316 g/mol. The molecule has 0 fully saturated rings. The number of ether oxygens (including phenoxy) is 2. The molecule has 0 aromatic heterocycles. The SMILES string of the molecule is CCOCCCC(=O)Nc1ccc(OC)c(S(N)(=O)=O)c1. The van der Waals surface area contributed by atoms with Crippen molar-refractivity contribution in [3.05, 3.63) is 18.2 Å². The van der Waals surface area contributed by atoms with E-state index in [2.05, 4.69) is 5.32 Å². The van der Waals surface area contributed by atoms with Gasteiger partial charge in [-0.05, 0) is 31.5 Å². The summed E-state index contributed by atoms with van der Waals surface area (Å²) >= 11 is 0. The fourth-order valence-corrected chi connectivity index (χ4v) is 2.40. The molecule has 0 bridgehead atoms. The highest BCUT2D eigenvalue weighted by molar-refractivity contribution is 7.89. The number of primary sulfonamides is 1. The number of anilines is 1. The van der Waals surface area contributed by atoms with Gasteiger partial charge in [-0.25, -0.2) is 13.6 Å². The van der Waals surface area contributed by atoms with Crippen LogP contribution in [0.1, 0.15) is 19.8 Å². The zero-order valence-electron chi connectivity index (χ0n) is 12.1. The van der Waals surface area contributed by atoms with Crippen LogP contribution in [0.4, 0.5) is 5.69 Å². The summed E-state index contributed by atoms with van der Waals surface area (Å²) in [5.74, 6) is -0.0907. The van der Waals surface area contributed by atoms with E-state index < -0.39 is 10.0 Å². The zero-order chi connectivity index (χ0) is 15.9. The Morgan fingerprint density at radius 1 is 1.38 bits per heavy atom. The van der Waals surface area contributed by atoms with E-state index in [9.17, 15) is 13.2 Å². The van der Waals surface area contributed by atoms with E-state index in [4.69, 9.17) is 14.6 Å². The number of hydrogen-bond donors (Lipinski definition) is 2. The van der Waals surface area contributed by atoms with Crippen molar-refractivity contribution < 1.29 is 22.7 Å². The van der Waals surface area contributed by atoms with E-state index in [0.717, 1.165) is 0 Å². The first-order chi connectivity index (χ1) is 9.88. The highest BCUT2D eigenvalue weighted by atomic mass is 32.2. The lowest BCUT2D eigenvalue weighted by Gasteiger charge is -2.10. The maximum absolute atomic E-state index is 11.7. The van der Waals surface area contributed by atoms with E-state index in [1.807, 2.05) is 6.92 Å². The first-order valence-corrected chi connectivity index (χ1v) is 8.01. The minimum Gasteiger partial charge on any atom is -0.495 e. The van der Waals surface area contributed by atoms with Gasteiger partial charge in [-0.1, -0.05) is 0 Å². The standard InChI is InChI=1S/C13H20N2O5S/c1-3-20-8-4-5-13(16)15-10-6-7-11(19-2)12(9-10)21(14,17)18/h6-7,9H,3-5,8H2,1-2H3,(H,15,16)(H2,14,17,18). The topological polar surface area (TPSA) is 108 Å². The average Bonchev–Trinajstić information content (AvgIpc) is 2.42. The van der Waals surface area contributed by atoms with E-state index >= 15 is 0 Å². The Kier molecular flexibility index (Phi) is 6.60. The molecule has 118 valence electrons. The first-order valence-electron chi connectivity index (χ1n) is 6.47. The van der Waals surface area contributed by atoms with Crippen LogP contribution in [0, 0.1) is 0 Å². The molecule has 0 aliphatic carbocycles. The van der Waals surface area contributed by atoms with Crippen molar-refractivity contribution in [1.82, 2.24) is 0 Å². The molecule has 0 radical (unpaired) electrons. The van der Waals surface area contributed by atoms with Gasteiger partial charge in [0.05, 0.1) is 7.11 Å². The Balaban J connectivity index is 2.74. The molecule has 0 aliphatic rings. The number of rotatable bonds is 8. The lowest BCUT2D eigenvalue weighted by molar-refractivity contribution is -0.116. The predicted molar refractivity (Wildman–Crippen MR) is 78.7 cm³/mol. The van der Waals surface area contributed by atoms with Crippen LogP contribution in [-0.2, 0) is 19.6 Å². The molecule has 3 N–H and O–H groups in total. The molecule has 7 nitrogen and oxygen atoms in total. The van der Waals surface area contributed by atoms with Gasteiger partial charge in [-0.3, -0.25) is 4.79 Å². The summed E-state index contributed by atoms with van der Waals surface area (Å²) in [5.41, 5.74) is 0.348. The lowest BCUT2D eigenvalue weighted by atomic mass is 10.2. The third-order valence-electron chi connectivity index (χ3n) is 2.65. The van der Waals surface area contributed by atoms with Gasteiger partial charge in [-0.2, -0.15) is 0 Å². The Bertz CT molecular complexity index is 586. The van der Waals surface area contributed by atoms with Crippen molar-refractivity contribution in [1.29, 1.82) is 0 Å². The number of amides is 1. The fourth-order valence-electron chi connectivity index (χ4n) is 1.68. The second kappa shape index (κ2) is 7.96. The van der Waals surface area contributed by atoms with Gasteiger partial charge in [-0.15, -0.1) is 0 Å². The fraction of sp³-hybridized carbons (Fsp3) is 0.462. The summed E-state index contributed by atoms with van der Waals surface area (Å²) in [6.07, 6.45) is 0.884. The zero-order valence-corrected chi connectivity index (χ0v) is 12.9. The van der Waals surface area contributed by atoms with Gasteiger partial charge < -0.3 is 14.8 Å². The Hall–Kier alpha value is -1.64. The normalized spacial score (nSPS) is 11.2. The van der Waals surface area contributed by atoms with Crippen molar-refractivity contribution in [2.45, 2.75) is 24.7 Å². The summed E-state index contributed by atoms with van der Waals surface area (Å²) in [6, 6.07) is 4.26. The van der Waals surface area contributed by atoms with E-state index in [0.29, 0.717) is 25.3 Å². The first kappa shape index (κ1) is 17.4. The molecule has 8 heteroatoms. The predicted octanol–water partition coefficient (Wildman–Crippen LogP) is 1.10. The highest BCUT2D eigenvalue weighted by Gasteiger charge is 2.16. The lowest BCUT2D eigenvalue weighted by Crippen LogP contribution is -2.16. The second-order valence-electron chi connectivity index (χ2n) is 4.26. The van der Waals surface area contributed by atoms with Gasteiger partial charge in [0.1, 0.15) is 10.6 Å². The number of carbonyl (C=O) groups excluding carboxylic acids is 1. The van der Waals surface area contributed by atoms with Gasteiger partial charge in [0.25, 0.3) is 0 Å². The van der Waals surface area contributed by atoms with Crippen LogP contribution < -0.4 is 15.2 Å². The molecule has 21 heavy (non-hydrogen) atoms. The van der Waals surface area contributed by atoms with Crippen LogP contribution in [0.15, 0.2) is 23.1 Å². The van der Waals surface area contributed by atoms with Crippen molar-refractivity contribution in [2.75, 3.05) is 25.6 Å².